The first-order valence-corrected chi connectivity index (χ1v) is 8.37. The second-order valence-electron chi connectivity index (χ2n) is 5.32. The Balaban J connectivity index is 2.26. The number of aryl methyl sites for hydroxylation is 1. The van der Waals surface area contributed by atoms with Crippen LogP contribution in [-0.2, 0) is 4.79 Å². The Kier molecular flexibility index (Phi) is 5.56. The number of carbonyl (C=O) groups is 2. The fourth-order valence-corrected chi connectivity index (χ4v) is 3.13. The molecule has 0 saturated heterocycles. The van der Waals surface area contributed by atoms with Crippen LogP contribution in [0, 0.1) is 6.92 Å². The van der Waals surface area contributed by atoms with E-state index < -0.39 is 12.0 Å². The minimum atomic E-state index is -1.04. The highest BCUT2D eigenvalue weighted by molar-refractivity contribution is 7.17. The lowest BCUT2D eigenvalue weighted by molar-refractivity contribution is -0.141. The first-order chi connectivity index (χ1) is 11.3. The van der Waals surface area contributed by atoms with Crippen molar-refractivity contribution in [2.24, 2.45) is 0 Å². The Morgan fingerprint density at radius 1 is 1.33 bits per heavy atom. The van der Waals surface area contributed by atoms with Crippen molar-refractivity contribution in [1.82, 2.24) is 9.88 Å². The highest BCUT2D eigenvalue weighted by Gasteiger charge is 2.26. The van der Waals surface area contributed by atoms with Gasteiger partial charge in [-0.2, -0.15) is 0 Å². The van der Waals surface area contributed by atoms with Gasteiger partial charge < -0.3 is 14.7 Å². The number of carboxylic acid groups (broad SMARTS) is 1. The zero-order valence-corrected chi connectivity index (χ0v) is 14.9. The van der Waals surface area contributed by atoms with Gasteiger partial charge in [0.2, 0.25) is 0 Å². The maximum absolute atomic E-state index is 12.5. The Morgan fingerprint density at radius 2 is 1.96 bits per heavy atom. The van der Waals surface area contributed by atoms with Crippen molar-refractivity contribution in [2.75, 3.05) is 13.7 Å². The molecule has 0 aliphatic rings. The molecule has 1 amide bonds. The quantitative estimate of drug-likeness (QED) is 0.868. The molecule has 0 saturated carbocycles. The number of hydrogen-bond acceptors (Lipinski definition) is 5. The lowest BCUT2D eigenvalue weighted by Gasteiger charge is -2.20. The SMILES string of the molecule is CCOc1ccc(-c2nc(C)c(C(=O)N(C)C(C)C(=O)O)s2)cc1. The summed E-state index contributed by atoms with van der Waals surface area (Å²) >= 11 is 1.26. The van der Waals surface area contributed by atoms with Crippen LogP contribution in [0.3, 0.4) is 0 Å². The van der Waals surface area contributed by atoms with Crippen LogP contribution in [0.1, 0.15) is 29.2 Å². The summed E-state index contributed by atoms with van der Waals surface area (Å²) in [7, 11) is 1.48. The van der Waals surface area contributed by atoms with E-state index in [1.807, 2.05) is 31.2 Å². The maximum atomic E-state index is 12.5. The van der Waals surface area contributed by atoms with Gasteiger partial charge in [0, 0.05) is 12.6 Å². The lowest BCUT2D eigenvalue weighted by atomic mass is 10.2. The van der Waals surface area contributed by atoms with Gasteiger partial charge in [-0.3, -0.25) is 4.79 Å². The van der Waals surface area contributed by atoms with Crippen LogP contribution < -0.4 is 4.74 Å². The number of aromatic nitrogens is 1. The van der Waals surface area contributed by atoms with Crippen molar-refractivity contribution < 1.29 is 19.4 Å². The van der Waals surface area contributed by atoms with E-state index in [0.29, 0.717) is 17.2 Å². The van der Waals surface area contributed by atoms with Gasteiger partial charge in [0.15, 0.2) is 0 Å². The standard InChI is InChI=1S/C17H20N2O4S/c1-5-23-13-8-6-12(7-9-13)15-18-10(2)14(24-15)16(20)19(4)11(3)17(21)22/h6-9,11H,5H2,1-4H3,(H,21,22). The average Bonchev–Trinajstić information content (AvgIpc) is 2.95. The number of hydrogen-bond donors (Lipinski definition) is 1. The predicted molar refractivity (Wildman–Crippen MR) is 92.6 cm³/mol. The number of benzene rings is 1. The Labute approximate surface area is 144 Å². The van der Waals surface area contributed by atoms with E-state index in [1.54, 1.807) is 6.92 Å². The van der Waals surface area contributed by atoms with Crippen molar-refractivity contribution in [2.45, 2.75) is 26.8 Å². The Hall–Kier alpha value is -2.41. The molecule has 24 heavy (non-hydrogen) atoms. The Bertz CT molecular complexity index is 740. The van der Waals surface area contributed by atoms with Gasteiger partial charge in [0.25, 0.3) is 5.91 Å². The average molecular weight is 348 g/mol. The molecular formula is C17H20N2O4S. The van der Waals surface area contributed by atoms with Gasteiger partial charge >= 0.3 is 5.97 Å². The molecule has 1 heterocycles. The van der Waals surface area contributed by atoms with Gasteiger partial charge in [-0.1, -0.05) is 0 Å². The summed E-state index contributed by atoms with van der Waals surface area (Å²) in [4.78, 5) is 29.7. The largest absolute Gasteiger partial charge is 0.494 e. The van der Waals surface area contributed by atoms with E-state index in [0.717, 1.165) is 16.3 Å². The minimum absolute atomic E-state index is 0.336. The summed E-state index contributed by atoms with van der Waals surface area (Å²) in [5, 5.41) is 9.77. The van der Waals surface area contributed by atoms with Crippen LogP contribution in [0.25, 0.3) is 10.6 Å². The minimum Gasteiger partial charge on any atom is -0.494 e. The molecule has 1 atom stereocenters. The third kappa shape index (κ3) is 3.73. The van der Waals surface area contributed by atoms with Crippen molar-refractivity contribution in [1.29, 1.82) is 0 Å². The third-order valence-electron chi connectivity index (χ3n) is 3.66. The van der Waals surface area contributed by atoms with Crippen LogP contribution in [0.5, 0.6) is 5.75 Å². The molecule has 1 N–H and O–H groups in total. The second-order valence-corrected chi connectivity index (χ2v) is 6.32. The summed E-state index contributed by atoms with van der Waals surface area (Å²) in [6, 6.07) is 6.60. The van der Waals surface area contributed by atoms with E-state index in [9.17, 15) is 9.59 Å². The second kappa shape index (κ2) is 7.44. The number of rotatable bonds is 6. The predicted octanol–water partition coefficient (Wildman–Crippen LogP) is 3.06. The molecule has 0 spiro atoms. The molecule has 0 fully saturated rings. The zero-order chi connectivity index (χ0) is 17.9. The van der Waals surface area contributed by atoms with E-state index in [1.165, 1.54) is 30.2 Å². The molecule has 0 bridgehead atoms. The van der Waals surface area contributed by atoms with Gasteiger partial charge in [0.1, 0.15) is 21.7 Å². The summed E-state index contributed by atoms with van der Waals surface area (Å²) in [6.45, 7) is 5.75. The van der Waals surface area contributed by atoms with Crippen molar-refractivity contribution in [3.05, 3.63) is 34.8 Å². The van der Waals surface area contributed by atoms with E-state index in [4.69, 9.17) is 9.84 Å². The number of aliphatic carboxylic acids is 1. The maximum Gasteiger partial charge on any atom is 0.326 e. The van der Waals surface area contributed by atoms with E-state index >= 15 is 0 Å². The smallest absolute Gasteiger partial charge is 0.326 e. The fourth-order valence-electron chi connectivity index (χ4n) is 2.08. The summed E-state index contributed by atoms with van der Waals surface area (Å²) in [5.74, 6) is -0.599. The van der Waals surface area contributed by atoms with Crippen LogP contribution in [-0.4, -0.2) is 46.6 Å². The number of amides is 1. The molecule has 128 valence electrons. The highest BCUT2D eigenvalue weighted by atomic mass is 32.1. The molecular weight excluding hydrogens is 328 g/mol. The molecule has 1 aromatic heterocycles. The van der Waals surface area contributed by atoms with Crippen molar-refractivity contribution in [3.63, 3.8) is 0 Å². The van der Waals surface area contributed by atoms with Crippen LogP contribution in [0.15, 0.2) is 24.3 Å². The number of ether oxygens (including phenoxy) is 1. The third-order valence-corrected chi connectivity index (χ3v) is 4.86. The molecule has 2 aromatic rings. The van der Waals surface area contributed by atoms with Gasteiger partial charge in [0.05, 0.1) is 12.3 Å². The van der Waals surface area contributed by atoms with Crippen molar-refractivity contribution in [3.8, 4) is 16.3 Å². The highest BCUT2D eigenvalue weighted by Crippen LogP contribution is 2.30. The number of thiazole rings is 1. The number of likely N-dealkylation sites (N-methyl/N-ethyl adjacent to an activating group) is 1. The molecule has 1 unspecified atom stereocenters. The van der Waals surface area contributed by atoms with Gasteiger partial charge in [-0.05, 0) is 45.0 Å². The monoisotopic (exact) mass is 348 g/mol. The topological polar surface area (TPSA) is 79.7 Å². The first-order valence-electron chi connectivity index (χ1n) is 7.55. The molecule has 6 nitrogen and oxygen atoms in total. The summed E-state index contributed by atoms with van der Waals surface area (Å²) < 4.78 is 5.41. The van der Waals surface area contributed by atoms with Crippen LogP contribution in [0.4, 0.5) is 0 Å². The molecule has 7 heteroatoms. The summed E-state index contributed by atoms with van der Waals surface area (Å²) in [6.07, 6.45) is 0. The van der Waals surface area contributed by atoms with Crippen LogP contribution in [0.2, 0.25) is 0 Å². The number of nitrogens with zero attached hydrogens (tertiary/aromatic N) is 2. The van der Waals surface area contributed by atoms with Gasteiger partial charge in [-0.25, -0.2) is 9.78 Å². The number of carbonyl (C=O) groups excluding carboxylic acids is 1. The van der Waals surface area contributed by atoms with Gasteiger partial charge in [-0.15, -0.1) is 11.3 Å². The molecule has 0 radical (unpaired) electrons. The Morgan fingerprint density at radius 3 is 2.50 bits per heavy atom. The molecule has 0 aliphatic carbocycles. The number of carboxylic acids is 1. The molecule has 0 aliphatic heterocycles. The summed E-state index contributed by atoms with van der Waals surface area (Å²) in [5.41, 5.74) is 1.48. The fraction of sp³-hybridized carbons (Fsp3) is 0.353. The van der Waals surface area contributed by atoms with E-state index in [2.05, 4.69) is 4.98 Å². The van der Waals surface area contributed by atoms with E-state index in [-0.39, 0.29) is 5.91 Å². The normalized spacial score (nSPS) is 11.8. The lowest BCUT2D eigenvalue weighted by Crippen LogP contribution is -2.40. The molecule has 1 aromatic carbocycles. The van der Waals surface area contributed by atoms with Crippen LogP contribution >= 0.6 is 11.3 Å². The molecule has 2 rings (SSSR count). The van der Waals surface area contributed by atoms with Crippen molar-refractivity contribution >= 4 is 23.2 Å². The zero-order valence-electron chi connectivity index (χ0n) is 14.1. The first kappa shape index (κ1) is 17.9.